The molecular weight excluding hydrogens is 726 g/mol. The summed E-state index contributed by atoms with van der Waals surface area (Å²) in [5.74, 6) is -2.05. The van der Waals surface area contributed by atoms with E-state index in [0.717, 1.165) is 31.2 Å². The van der Waals surface area contributed by atoms with Crippen LogP contribution in [0, 0.1) is 11.3 Å². The number of ketones is 1. The van der Waals surface area contributed by atoms with Gasteiger partial charge in [-0.05, 0) is 54.9 Å². The van der Waals surface area contributed by atoms with E-state index in [4.69, 9.17) is 25.9 Å². The SMILES string of the molecule is CCC[C@H](NC(=O)[C@@H]1C[C@]2(CC(c3cccc(Cl)c3)=NO2)CN1C(=O)[C@@H](NC(=O)CC1CCCCC1)C(C)(C)C)C(=O)C(=O)Nc1cc(OC)ccc1OC. The molecule has 1 aliphatic carbocycles. The summed E-state index contributed by atoms with van der Waals surface area (Å²) >= 11 is 6.28. The zero-order chi connectivity index (χ0) is 39.9. The predicted molar refractivity (Wildman–Crippen MR) is 209 cm³/mol. The van der Waals surface area contributed by atoms with Gasteiger partial charge < -0.3 is 35.2 Å². The zero-order valence-electron chi connectivity index (χ0n) is 32.7. The molecule has 2 heterocycles. The smallest absolute Gasteiger partial charge is 0.294 e. The summed E-state index contributed by atoms with van der Waals surface area (Å²) in [6, 6.07) is 8.72. The van der Waals surface area contributed by atoms with Gasteiger partial charge in [-0.15, -0.1) is 0 Å². The second kappa shape index (κ2) is 17.9. The average Bonchev–Trinajstić information content (AvgIpc) is 3.76. The van der Waals surface area contributed by atoms with Gasteiger partial charge in [-0.2, -0.15) is 0 Å². The Morgan fingerprint density at radius 2 is 1.76 bits per heavy atom. The third-order valence-electron chi connectivity index (χ3n) is 10.7. The summed E-state index contributed by atoms with van der Waals surface area (Å²) in [7, 11) is 2.91. The molecule has 2 aliphatic heterocycles. The molecule has 3 aliphatic rings. The Morgan fingerprint density at radius 3 is 2.42 bits per heavy atom. The summed E-state index contributed by atoms with van der Waals surface area (Å²) in [4.78, 5) is 77.1. The molecule has 1 saturated carbocycles. The number of rotatable bonds is 14. The normalized spacial score (nSPS) is 20.9. The Balaban J connectivity index is 1.39. The summed E-state index contributed by atoms with van der Waals surface area (Å²) in [5, 5.41) is 13.3. The van der Waals surface area contributed by atoms with Crippen molar-refractivity contribution in [1.29, 1.82) is 0 Å². The van der Waals surface area contributed by atoms with Crippen LogP contribution in [-0.2, 0) is 28.8 Å². The van der Waals surface area contributed by atoms with Crippen molar-refractivity contribution in [2.24, 2.45) is 16.5 Å². The Morgan fingerprint density at radius 1 is 1.02 bits per heavy atom. The third-order valence-corrected chi connectivity index (χ3v) is 10.9. The summed E-state index contributed by atoms with van der Waals surface area (Å²) in [6.07, 6.45) is 6.62. The number of nitrogens with one attached hydrogen (secondary N) is 3. The maximum absolute atomic E-state index is 14.7. The van der Waals surface area contributed by atoms with E-state index in [1.807, 2.05) is 33.8 Å². The number of anilines is 1. The standard InChI is InChI=1S/C41H54ClN5O8/c1-7-12-29(35(49)38(51)44-30-21-28(53-5)17-18-33(30)54-6)43-37(50)32-23-41(22-31(46-55-41)26-15-11-16-27(42)20-26)24-47(32)39(52)36(40(2,3)4)45-34(48)19-25-13-9-8-10-14-25/h11,15-18,20-21,25,29,32,36H,7-10,12-14,19,22-24H2,1-6H3,(H,43,50)(H,44,51)(H,45,48)/t29-,32-,36+,41+/m0/s1. The number of oxime groups is 1. The van der Waals surface area contributed by atoms with Gasteiger partial charge in [0.2, 0.25) is 23.5 Å². The molecule has 2 aromatic rings. The number of hydrogen-bond acceptors (Lipinski definition) is 9. The summed E-state index contributed by atoms with van der Waals surface area (Å²) in [5.41, 5.74) is -0.176. The van der Waals surface area contributed by atoms with Crippen molar-refractivity contribution < 1.29 is 38.3 Å². The molecule has 0 aromatic heterocycles. The minimum Gasteiger partial charge on any atom is -0.497 e. The van der Waals surface area contributed by atoms with Crippen LogP contribution in [0.4, 0.5) is 5.69 Å². The van der Waals surface area contributed by atoms with Crippen LogP contribution >= 0.6 is 11.6 Å². The molecule has 1 spiro atoms. The van der Waals surface area contributed by atoms with Crippen molar-refractivity contribution in [3.05, 3.63) is 53.1 Å². The lowest BCUT2D eigenvalue weighted by atomic mass is 9.84. The second-order valence-corrected chi connectivity index (χ2v) is 16.4. The van der Waals surface area contributed by atoms with Gasteiger partial charge in [-0.25, -0.2) is 0 Å². The lowest BCUT2D eigenvalue weighted by molar-refractivity contribution is -0.145. The molecule has 2 fully saturated rings. The molecule has 2 aromatic carbocycles. The lowest BCUT2D eigenvalue weighted by Gasteiger charge is -2.36. The first kappa shape index (κ1) is 41.5. The van der Waals surface area contributed by atoms with E-state index in [0.29, 0.717) is 35.1 Å². The predicted octanol–water partition coefficient (Wildman–Crippen LogP) is 5.82. The van der Waals surface area contributed by atoms with Crippen LogP contribution in [0.25, 0.3) is 0 Å². The van der Waals surface area contributed by atoms with Crippen LogP contribution in [0.5, 0.6) is 11.5 Å². The second-order valence-electron chi connectivity index (χ2n) is 16.0. The molecule has 3 N–H and O–H groups in total. The highest BCUT2D eigenvalue weighted by Gasteiger charge is 2.55. The molecular formula is C41H54ClN5O8. The molecule has 1 saturated heterocycles. The average molecular weight is 780 g/mol. The first-order valence-corrected chi connectivity index (χ1v) is 19.5. The van der Waals surface area contributed by atoms with Crippen molar-refractivity contribution >= 4 is 52.4 Å². The van der Waals surface area contributed by atoms with Gasteiger partial charge in [-0.3, -0.25) is 24.0 Å². The highest BCUT2D eigenvalue weighted by Crippen LogP contribution is 2.40. The Bertz CT molecular complexity index is 1790. The number of methoxy groups -OCH3 is 2. The lowest BCUT2D eigenvalue weighted by Crippen LogP contribution is -2.59. The number of carbonyl (C=O) groups is 5. The van der Waals surface area contributed by atoms with Crippen molar-refractivity contribution in [2.45, 2.75) is 116 Å². The fourth-order valence-electron chi connectivity index (χ4n) is 7.72. The molecule has 13 nitrogen and oxygen atoms in total. The number of benzene rings is 2. The van der Waals surface area contributed by atoms with Crippen LogP contribution in [0.2, 0.25) is 5.02 Å². The molecule has 5 rings (SSSR count). The molecule has 4 amide bonds. The quantitative estimate of drug-likeness (QED) is 0.202. The Hall–Kier alpha value is -4.65. The summed E-state index contributed by atoms with van der Waals surface area (Å²) in [6.45, 7) is 7.45. The number of likely N-dealkylation sites (tertiary alicyclic amines) is 1. The van der Waals surface area contributed by atoms with Gasteiger partial charge in [0.15, 0.2) is 5.60 Å². The third kappa shape index (κ3) is 10.2. The number of nitrogens with zero attached hydrogens (tertiary/aromatic N) is 2. The van der Waals surface area contributed by atoms with E-state index in [-0.39, 0.29) is 43.3 Å². The number of carbonyl (C=O) groups excluding carboxylic acids is 5. The first-order chi connectivity index (χ1) is 26.2. The topological polar surface area (TPSA) is 165 Å². The fraction of sp³-hybridized carbons (Fsp3) is 0.561. The van der Waals surface area contributed by atoms with E-state index >= 15 is 0 Å². The van der Waals surface area contributed by atoms with E-state index in [1.54, 1.807) is 30.3 Å². The van der Waals surface area contributed by atoms with Crippen LogP contribution < -0.4 is 25.4 Å². The number of Topliss-reactive ketones (excluding diaryl/α,β-unsaturated/α-hetero) is 1. The van der Waals surface area contributed by atoms with Gasteiger partial charge in [-0.1, -0.05) is 82.3 Å². The van der Waals surface area contributed by atoms with Crippen molar-refractivity contribution in [1.82, 2.24) is 15.5 Å². The maximum Gasteiger partial charge on any atom is 0.294 e. The maximum atomic E-state index is 14.7. The van der Waals surface area contributed by atoms with Crippen molar-refractivity contribution in [3.63, 3.8) is 0 Å². The fourth-order valence-corrected chi connectivity index (χ4v) is 7.91. The first-order valence-electron chi connectivity index (χ1n) is 19.2. The molecule has 0 radical (unpaired) electrons. The van der Waals surface area contributed by atoms with Crippen molar-refractivity contribution in [2.75, 3.05) is 26.1 Å². The molecule has 298 valence electrons. The number of hydrogen-bond donors (Lipinski definition) is 3. The van der Waals surface area contributed by atoms with Gasteiger partial charge in [0.05, 0.1) is 38.2 Å². The number of halogens is 1. The highest BCUT2D eigenvalue weighted by molar-refractivity contribution is 6.42. The van der Waals surface area contributed by atoms with E-state index in [1.165, 1.54) is 31.6 Å². The molecule has 0 bridgehead atoms. The Labute approximate surface area is 328 Å². The number of amides is 4. The van der Waals surface area contributed by atoms with Crippen molar-refractivity contribution in [3.8, 4) is 11.5 Å². The minimum absolute atomic E-state index is 0.00503. The van der Waals surface area contributed by atoms with Gasteiger partial charge >= 0.3 is 0 Å². The van der Waals surface area contributed by atoms with Gasteiger partial charge in [0.1, 0.15) is 23.6 Å². The van der Waals surface area contributed by atoms with E-state index in [2.05, 4.69) is 21.1 Å². The van der Waals surface area contributed by atoms with Crippen LogP contribution in [0.3, 0.4) is 0 Å². The minimum atomic E-state index is -1.20. The van der Waals surface area contributed by atoms with Crippen LogP contribution in [0.15, 0.2) is 47.6 Å². The van der Waals surface area contributed by atoms with Crippen LogP contribution in [-0.4, -0.2) is 84.5 Å². The van der Waals surface area contributed by atoms with Gasteiger partial charge in [0, 0.05) is 35.9 Å². The monoisotopic (exact) mass is 779 g/mol. The molecule has 14 heteroatoms. The molecule has 0 unspecified atom stereocenters. The van der Waals surface area contributed by atoms with Crippen LogP contribution in [0.1, 0.15) is 97.5 Å². The highest BCUT2D eigenvalue weighted by atomic mass is 35.5. The largest absolute Gasteiger partial charge is 0.497 e. The van der Waals surface area contributed by atoms with Gasteiger partial charge in [0.25, 0.3) is 5.91 Å². The number of ether oxygens (including phenoxy) is 2. The molecule has 55 heavy (non-hydrogen) atoms. The Kier molecular flexibility index (Phi) is 13.5. The molecule has 4 atom stereocenters. The van der Waals surface area contributed by atoms with E-state index in [9.17, 15) is 24.0 Å². The van der Waals surface area contributed by atoms with E-state index < -0.39 is 52.6 Å². The summed E-state index contributed by atoms with van der Waals surface area (Å²) < 4.78 is 10.6. The zero-order valence-corrected chi connectivity index (χ0v) is 33.4.